The van der Waals surface area contributed by atoms with Crippen LogP contribution in [-0.4, -0.2) is 37.7 Å². The highest BCUT2D eigenvalue weighted by Gasteiger charge is 2.49. The third-order valence-electron chi connectivity index (χ3n) is 6.40. The Morgan fingerprint density at radius 1 is 1.25 bits per heavy atom. The van der Waals surface area contributed by atoms with Gasteiger partial charge in [0.2, 0.25) is 11.8 Å². The van der Waals surface area contributed by atoms with E-state index >= 15 is 0 Å². The fourth-order valence-corrected chi connectivity index (χ4v) is 4.53. The molecule has 156 valence electrons. The molecule has 1 saturated heterocycles. The van der Waals surface area contributed by atoms with E-state index in [2.05, 4.69) is 33.9 Å². The van der Waals surface area contributed by atoms with Crippen LogP contribution in [0.25, 0.3) is 0 Å². The lowest BCUT2D eigenvalue weighted by Gasteiger charge is -2.38. The van der Waals surface area contributed by atoms with Crippen LogP contribution in [0.1, 0.15) is 53.5 Å². The van der Waals surface area contributed by atoms with Gasteiger partial charge in [0.05, 0.1) is 12.6 Å². The maximum atomic E-state index is 13.2. The van der Waals surface area contributed by atoms with Crippen LogP contribution < -0.4 is 0 Å². The van der Waals surface area contributed by atoms with Crippen LogP contribution in [0.4, 0.5) is 0 Å². The number of hydrogen-bond acceptors (Lipinski definition) is 3. The van der Waals surface area contributed by atoms with Gasteiger partial charge in [0, 0.05) is 11.3 Å². The van der Waals surface area contributed by atoms with Crippen molar-refractivity contribution in [2.75, 3.05) is 6.61 Å². The second kappa shape index (κ2) is 8.11. The van der Waals surface area contributed by atoms with Crippen molar-refractivity contribution in [3.8, 4) is 0 Å². The van der Waals surface area contributed by atoms with Gasteiger partial charge in [0.15, 0.2) is 8.32 Å². The monoisotopic (exact) mass is 403 g/mol. The first-order chi connectivity index (χ1) is 12.8. The molecule has 0 radical (unpaired) electrons. The number of rotatable bonds is 6. The number of imide groups is 1. The molecule has 0 aliphatic carbocycles. The fourth-order valence-electron chi connectivity index (χ4n) is 3.49. The summed E-state index contributed by atoms with van der Waals surface area (Å²) < 4.78 is 6.39. The maximum absolute atomic E-state index is 13.2. The number of amides is 2. The summed E-state index contributed by atoms with van der Waals surface area (Å²) in [6.07, 6.45) is 1.30. The van der Waals surface area contributed by atoms with E-state index in [1.807, 2.05) is 51.1 Å². The Kier molecular flexibility index (Phi) is 6.61. The molecule has 2 atom stereocenters. The summed E-state index contributed by atoms with van der Waals surface area (Å²) in [7, 11) is -1.94. The van der Waals surface area contributed by atoms with E-state index in [0.29, 0.717) is 19.4 Å². The van der Waals surface area contributed by atoms with Crippen molar-refractivity contribution in [1.82, 2.24) is 4.90 Å². The van der Waals surface area contributed by atoms with Crippen LogP contribution >= 0.6 is 0 Å². The normalized spacial score (nSPS) is 21.1. The van der Waals surface area contributed by atoms with Gasteiger partial charge in [-0.3, -0.25) is 14.5 Å². The molecule has 1 aliphatic rings. The fraction of sp³-hybridized carbons (Fsp3) is 0.652. The molecule has 0 saturated carbocycles. The van der Waals surface area contributed by atoms with E-state index in [1.54, 1.807) is 0 Å². The number of carbonyl (C=O) groups is 2. The predicted molar refractivity (Wildman–Crippen MR) is 116 cm³/mol. The first-order valence-corrected chi connectivity index (χ1v) is 13.2. The Labute approximate surface area is 171 Å². The lowest BCUT2D eigenvalue weighted by molar-refractivity contribution is -0.149. The second-order valence-electron chi connectivity index (χ2n) is 10.4. The van der Waals surface area contributed by atoms with Crippen molar-refractivity contribution in [3.63, 3.8) is 0 Å². The molecule has 1 aromatic carbocycles. The minimum atomic E-state index is -1.94. The van der Waals surface area contributed by atoms with Gasteiger partial charge >= 0.3 is 0 Å². The average Bonchev–Trinajstić information content (AvgIpc) is 2.81. The predicted octanol–water partition coefficient (Wildman–Crippen LogP) is 5.04. The largest absolute Gasteiger partial charge is 0.415 e. The smallest absolute Gasteiger partial charge is 0.235 e. The summed E-state index contributed by atoms with van der Waals surface area (Å²) in [6, 6.07) is 9.80. The molecule has 1 fully saturated rings. The van der Waals surface area contributed by atoms with Crippen LogP contribution in [0.15, 0.2) is 30.3 Å². The third kappa shape index (κ3) is 4.92. The highest BCUT2D eigenvalue weighted by atomic mass is 28.4. The molecule has 2 amide bonds. The first kappa shape index (κ1) is 22.8. The lowest BCUT2D eigenvalue weighted by Crippen LogP contribution is -2.48. The van der Waals surface area contributed by atoms with Crippen molar-refractivity contribution in [1.29, 1.82) is 0 Å². The van der Waals surface area contributed by atoms with Crippen molar-refractivity contribution in [2.45, 2.75) is 78.6 Å². The van der Waals surface area contributed by atoms with E-state index in [0.717, 1.165) is 5.56 Å². The number of carbonyl (C=O) groups excluding carboxylic acids is 2. The Morgan fingerprint density at radius 3 is 2.36 bits per heavy atom. The molecule has 0 N–H and O–H groups in total. The number of benzene rings is 1. The van der Waals surface area contributed by atoms with E-state index < -0.39 is 13.7 Å². The van der Waals surface area contributed by atoms with Crippen LogP contribution in [0, 0.1) is 11.3 Å². The second-order valence-corrected chi connectivity index (χ2v) is 15.2. The Hall–Kier alpha value is -1.46. The molecule has 0 bridgehead atoms. The van der Waals surface area contributed by atoms with E-state index in [1.165, 1.54) is 4.90 Å². The minimum Gasteiger partial charge on any atom is -0.415 e. The first-order valence-electron chi connectivity index (χ1n) is 10.3. The molecule has 5 heteroatoms. The Morgan fingerprint density at radius 2 is 1.82 bits per heavy atom. The Bertz CT molecular complexity index is 706. The molecule has 4 nitrogen and oxygen atoms in total. The van der Waals surface area contributed by atoms with Crippen LogP contribution in [-0.2, 0) is 20.4 Å². The van der Waals surface area contributed by atoms with Crippen molar-refractivity contribution in [3.05, 3.63) is 35.9 Å². The summed E-state index contributed by atoms with van der Waals surface area (Å²) >= 11 is 0. The number of nitrogens with zero attached hydrogens (tertiary/aromatic N) is 1. The van der Waals surface area contributed by atoms with E-state index in [9.17, 15) is 9.59 Å². The lowest BCUT2D eigenvalue weighted by atomic mass is 9.90. The molecule has 0 unspecified atom stereocenters. The summed E-state index contributed by atoms with van der Waals surface area (Å²) in [6.45, 7) is 17.2. The van der Waals surface area contributed by atoms with Gasteiger partial charge in [-0.05, 0) is 36.5 Å². The van der Waals surface area contributed by atoms with Gasteiger partial charge in [0.1, 0.15) is 0 Å². The molecule has 28 heavy (non-hydrogen) atoms. The van der Waals surface area contributed by atoms with Crippen LogP contribution in [0.5, 0.6) is 0 Å². The Balaban J connectivity index is 2.16. The zero-order valence-electron chi connectivity index (χ0n) is 18.8. The summed E-state index contributed by atoms with van der Waals surface area (Å²) in [4.78, 5) is 27.8. The maximum Gasteiger partial charge on any atom is 0.235 e. The van der Waals surface area contributed by atoms with Gasteiger partial charge in [-0.25, -0.2) is 0 Å². The van der Waals surface area contributed by atoms with Crippen LogP contribution in [0.3, 0.4) is 0 Å². The highest BCUT2D eigenvalue weighted by molar-refractivity contribution is 6.74. The summed E-state index contributed by atoms with van der Waals surface area (Å²) in [5.41, 5.74) is 0.590. The van der Waals surface area contributed by atoms with Gasteiger partial charge in [-0.2, -0.15) is 0 Å². The van der Waals surface area contributed by atoms with E-state index in [4.69, 9.17) is 4.43 Å². The highest BCUT2D eigenvalue weighted by Crippen LogP contribution is 2.40. The zero-order chi connectivity index (χ0) is 21.3. The minimum absolute atomic E-state index is 0.0683. The molecule has 1 aliphatic heterocycles. The quantitative estimate of drug-likeness (QED) is 0.625. The van der Waals surface area contributed by atoms with Crippen molar-refractivity contribution < 1.29 is 14.0 Å². The molecule has 0 aromatic heterocycles. The molecular weight excluding hydrogens is 366 g/mol. The molecule has 0 spiro atoms. The van der Waals surface area contributed by atoms with Crippen molar-refractivity contribution in [2.24, 2.45) is 11.3 Å². The number of hydrogen-bond donors (Lipinski definition) is 0. The molecular formula is C23H37NO3Si. The van der Waals surface area contributed by atoms with Crippen LogP contribution in [0.2, 0.25) is 18.1 Å². The van der Waals surface area contributed by atoms with Gasteiger partial charge in [-0.15, -0.1) is 0 Å². The zero-order valence-corrected chi connectivity index (χ0v) is 19.8. The van der Waals surface area contributed by atoms with Gasteiger partial charge in [-0.1, -0.05) is 71.9 Å². The average molecular weight is 404 g/mol. The SMILES string of the molecule is C[C@H](Cc1ccccc1)C(=O)N1C(=O)C(C)(C)C[C@H]1CO[Si](C)(C)C(C)(C)C. The molecule has 2 rings (SSSR count). The topological polar surface area (TPSA) is 46.6 Å². The van der Waals surface area contributed by atoms with Gasteiger partial charge in [0.25, 0.3) is 0 Å². The standard InChI is InChI=1S/C23H37NO3Si/c1-17(14-18-12-10-9-11-13-18)20(25)24-19(15-23(5,6)21(24)26)16-27-28(7,8)22(2,3)4/h9-13,17,19H,14-16H2,1-8H3/t17-,19+/m1/s1. The molecule has 1 aromatic rings. The summed E-state index contributed by atoms with van der Waals surface area (Å²) in [5.74, 6) is -0.389. The van der Waals surface area contributed by atoms with Gasteiger partial charge < -0.3 is 4.43 Å². The summed E-state index contributed by atoms with van der Waals surface area (Å²) in [5, 5.41) is 0.0978. The molecule has 1 heterocycles. The number of likely N-dealkylation sites (tertiary alicyclic amines) is 1. The third-order valence-corrected chi connectivity index (χ3v) is 10.9. The van der Waals surface area contributed by atoms with E-state index in [-0.39, 0.29) is 28.8 Å². The van der Waals surface area contributed by atoms with Crippen molar-refractivity contribution >= 4 is 20.1 Å².